The van der Waals surface area contributed by atoms with Crippen LogP contribution in [0.1, 0.15) is 12.5 Å². The van der Waals surface area contributed by atoms with Crippen molar-refractivity contribution in [3.63, 3.8) is 0 Å². The number of hydrogen-bond acceptors (Lipinski definition) is 5. The summed E-state index contributed by atoms with van der Waals surface area (Å²) in [6.07, 6.45) is 1.26. The van der Waals surface area contributed by atoms with E-state index in [0.717, 1.165) is 6.07 Å². The summed E-state index contributed by atoms with van der Waals surface area (Å²) in [5.74, 6) is 0.216. The van der Waals surface area contributed by atoms with Gasteiger partial charge in [0.05, 0.1) is 28.5 Å². The van der Waals surface area contributed by atoms with Crippen molar-refractivity contribution in [1.29, 1.82) is 5.26 Å². The maximum atomic E-state index is 12.0. The van der Waals surface area contributed by atoms with Gasteiger partial charge >= 0.3 is 0 Å². The van der Waals surface area contributed by atoms with E-state index in [9.17, 15) is 14.9 Å². The number of H-pyrrole nitrogens is 1. The fourth-order valence-corrected chi connectivity index (χ4v) is 1.74. The number of nitro groups is 1. The van der Waals surface area contributed by atoms with E-state index in [-0.39, 0.29) is 22.4 Å². The van der Waals surface area contributed by atoms with Crippen LogP contribution in [0, 0.1) is 21.4 Å². The smallest absolute Gasteiger partial charge is 0.274 e. The first-order valence-corrected chi connectivity index (χ1v) is 5.45. The molecule has 0 aliphatic heterocycles. The highest BCUT2D eigenvalue weighted by atomic mass is 16.6. The number of nitrogens with one attached hydrogen (secondary N) is 1. The van der Waals surface area contributed by atoms with E-state index in [1.165, 1.54) is 12.3 Å². The van der Waals surface area contributed by atoms with Gasteiger partial charge in [-0.1, -0.05) is 0 Å². The molecule has 7 heteroatoms. The van der Waals surface area contributed by atoms with Gasteiger partial charge in [0.15, 0.2) is 0 Å². The second-order valence-electron chi connectivity index (χ2n) is 3.70. The second kappa shape index (κ2) is 4.78. The Bertz CT molecular complexity index is 758. The number of nitro benzene ring substituents is 1. The van der Waals surface area contributed by atoms with E-state index >= 15 is 0 Å². The molecule has 0 unspecified atom stereocenters. The minimum absolute atomic E-state index is 0.0664. The zero-order valence-corrected chi connectivity index (χ0v) is 9.97. The van der Waals surface area contributed by atoms with Gasteiger partial charge in [0, 0.05) is 12.3 Å². The van der Waals surface area contributed by atoms with E-state index in [2.05, 4.69) is 4.98 Å². The minimum Gasteiger partial charge on any atom is -0.491 e. The van der Waals surface area contributed by atoms with Crippen LogP contribution in [-0.4, -0.2) is 16.5 Å². The van der Waals surface area contributed by atoms with Crippen molar-refractivity contribution in [3.05, 3.63) is 44.2 Å². The Morgan fingerprint density at radius 1 is 1.53 bits per heavy atom. The monoisotopic (exact) mass is 259 g/mol. The van der Waals surface area contributed by atoms with Crippen molar-refractivity contribution >= 4 is 16.6 Å². The Labute approximate surface area is 107 Å². The molecule has 96 valence electrons. The Hall–Kier alpha value is -2.88. The van der Waals surface area contributed by atoms with Gasteiger partial charge < -0.3 is 9.72 Å². The number of nitriles is 1. The maximum Gasteiger partial charge on any atom is 0.274 e. The normalized spacial score (nSPS) is 10.1. The van der Waals surface area contributed by atoms with E-state index in [1.807, 2.05) is 0 Å². The van der Waals surface area contributed by atoms with Gasteiger partial charge in [-0.2, -0.15) is 5.26 Å². The standard InChI is InChI=1S/C12H9N3O4/c1-2-19-10-4-8(15(17)18)3-9-11(10)14-6-7(5-13)12(9)16/h3-4,6H,2H2,1H3,(H,14,16). The van der Waals surface area contributed by atoms with Gasteiger partial charge in [-0.25, -0.2) is 0 Å². The van der Waals surface area contributed by atoms with Gasteiger partial charge in [-0.15, -0.1) is 0 Å². The second-order valence-corrected chi connectivity index (χ2v) is 3.70. The molecule has 19 heavy (non-hydrogen) atoms. The highest BCUT2D eigenvalue weighted by Crippen LogP contribution is 2.28. The van der Waals surface area contributed by atoms with E-state index in [1.54, 1.807) is 13.0 Å². The Morgan fingerprint density at radius 3 is 2.84 bits per heavy atom. The Kier molecular flexibility index (Phi) is 3.16. The number of ether oxygens (including phenoxy) is 1. The van der Waals surface area contributed by atoms with Gasteiger partial charge in [0.25, 0.3) is 5.69 Å². The third kappa shape index (κ3) is 2.11. The van der Waals surface area contributed by atoms with Crippen molar-refractivity contribution in [2.24, 2.45) is 0 Å². The third-order valence-electron chi connectivity index (χ3n) is 2.57. The van der Waals surface area contributed by atoms with Gasteiger partial charge in [-0.05, 0) is 6.92 Å². The zero-order chi connectivity index (χ0) is 14.0. The molecule has 0 radical (unpaired) electrons. The topological polar surface area (TPSA) is 109 Å². The lowest BCUT2D eigenvalue weighted by molar-refractivity contribution is -0.384. The summed E-state index contributed by atoms with van der Waals surface area (Å²) in [4.78, 5) is 25.0. The van der Waals surface area contributed by atoms with Crippen LogP contribution in [0.2, 0.25) is 0 Å². The number of aromatic nitrogens is 1. The molecule has 0 atom stereocenters. The fraction of sp³-hybridized carbons (Fsp3) is 0.167. The number of pyridine rings is 1. The molecular formula is C12H9N3O4. The number of benzene rings is 1. The summed E-state index contributed by atoms with van der Waals surface area (Å²) in [5.41, 5.74) is -0.565. The first kappa shape index (κ1) is 12.6. The minimum atomic E-state index is -0.611. The van der Waals surface area contributed by atoms with Crippen molar-refractivity contribution in [2.75, 3.05) is 6.61 Å². The largest absolute Gasteiger partial charge is 0.491 e. The van der Waals surface area contributed by atoms with E-state index < -0.39 is 10.4 Å². The van der Waals surface area contributed by atoms with E-state index in [0.29, 0.717) is 12.1 Å². The lowest BCUT2D eigenvalue weighted by Crippen LogP contribution is -2.09. The predicted octanol–water partition coefficient (Wildman–Crippen LogP) is 1.71. The molecule has 7 nitrogen and oxygen atoms in total. The summed E-state index contributed by atoms with van der Waals surface area (Å²) < 4.78 is 5.28. The van der Waals surface area contributed by atoms with Gasteiger partial charge in [-0.3, -0.25) is 14.9 Å². The Balaban J connectivity index is 2.88. The first-order chi connectivity index (χ1) is 9.08. The molecule has 0 spiro atoms. The Morgan fingerprint density at radius 2 is 2.26 bits per heavy atom. The summed E-state index contributed by atoms with van der Waals surface area (Å²) in [7, 11) is 0. The number of rotatable bonds is 3. The fourth-order valence-electron chi connectivity index (χ4n) is 1.74. The molecule has 0 bridgehead atoms. The molecule has 0 fully saturated rings. The number of non-ortho nitro benzene ring substituents is 1. The van der Waals surface area contributed by atoms with Crippen LogP contribution >= 0.6 is 0 Å². The summed E-state index contributed by atoms with van der Waals surface area (Å²) in [6.45, 7) is 2.03. The van der Waals surface area contributed by atoms with Crippen LogP contribution < -0.4 is 10.2 Å². The molecule has 1 aromatic carbocycles. The molecule has 0 saturated heterocycles. The highest BCUT2D eigenvalue weighted by Gasteiger charge is 2.16. The SMILES string of the molecule is CCOc1cc([N+](=O)[O-])cc2c(=O)c(C#N)c[nH]c12. The maximum absolute atomic E-state index is 12.0. The van der Waals surface area contributed by atoms with Crippen LogP contribution in [-0.2, 0) is 0 Å². The predicted molar refractivity (Wildman–Crippen MR) is 67.1 cm³/mol. The number of nitrogens with zero attached hydrogens (tertiary/aromatic N) is 2. The number of fused-ring (bicyclic) bond motifs is 1. The molecule has 2 rings (SSSR count). The number of hydrogen-bond donors (Lipinski definition) is 1. The molecule has 0 aliphatic carbocycles. The van der Waals surface area contributed by atoms with Gasteiger partial charge in [0.2, 0.25) is 5.43 Å². The highest BCUT2D eigenvalue weighted by molar-refractivity contribution is 5.87. The molecule has 1 aromatic heterocycles. The first-order valence-electron chi connectivity index (χ1n) is 5.45. The van der Waals surface area contributed by atoms with Crippen LogP contribution in [0.4, 0.5) is 5.69 Å². The van der Waals surface area contributed by atoms with Crippen LogP contribution in [0.15, 0.2) is 23.1 Å². The average molecular weight is 259 g/mol. The van der Waals surface area contributed by atoms with Crippen molar-refractivity contribution < 1.29 is 9.66 Å². The van der Waals surface area contributed by atoms with Crippen LogP contribution in [0.3, 0.4) is 0 Å². The molecular weight excluding hydrogens is 250 g/mol. The van der Waals surface area contributed by atoms with Crippen molar-refractivity contribution in [3.8, 4) is 11.8 Å². The molecule has 0 saturated carbocycles. The van der Waals surface area contributed by atoms with Crippen LogP contribution in [0.5, 0.6) is 5.75 Å². The molecule has 1 N–H and O–H groups in total. The van der Waals surface area contributed by atoms with Gasteiger partial charge in [0.1, 0.15) is 17.4 Å². The molecule has 0 aliphatic rings. The van der Waals surface area contributed by atoms with E-state index in [4.69, 9.17) is 10.00 Å². The third-order valence-corrected chi connectivity index (χ3v) is 2.57. The van der Waals surface area contributed by atoms with Crippen LogP contribution in [0.25, 0.3) is 10.9 Å². The summed E-state index contributed by atoms with van der Waals surface area (Å²) in [6, 6.07) is 4.11. The summed E-state index contributed by atoms with van der Waals surface area (Å²) >= 11 is 0. The lowest BCUT2D eigenvalue weighted by atomic mass is 10.1. The number of aromatic amines is 1. The lowest BCUT2D eigenvalue weighted by Gasteiger charge is -2.07. The van der Waals surface area contributed by atoms with Crippen molar-refractivity contribution in [2.45, 2.75) is 6.92 Å². The molecule has 1 heterocycles. The molecule has 0 amide bonds. The average Bonchev–Trinajstić information content (AvgIpc) is 2.39. The zero-order valence-electron chi connectivity index (χ0n) is 9.97. The van der Waals surface area contributed by atoms with Crippen molar-refractivity contribution in [1.82, 2.24) is 4.98 Å². The quantitative estimate of drug-likeness (QED) is 0.666. The molecule has 2 aromatic rings. The summed E-state index contributed by atoms with van der Waals surface area (Å²) in [5, 5.41) is 19.7.